The second-order valence-electron chi connectivity index (χ2n) is 7.98. The number of hydrogen-bond acceptors (Lipinski definition) is 2. The largest absolute Gasteiger partial charge is 0.344 e. The third-order valence-corrected chi connectivity index (χ3v) is 5.73. The maximum absolute atomic E-state index is 13.5. The summed E-state index contributed by atoms with van der Waals surface area (Å²) in [6.45, 7) is 7.01. The van der Waals surface area contributed by atoms with Crippen molar-refractivity contribution in [3.05, 3.63) is 78.4 Å². The maximum Gasteiger partial charge on any atom is 0.270 e. The third kappa shape index (κ3) is 5.84. The predicted molar refractivity (Wildman–Crippen MR) is 126 cm³/mol. The van der Waals surface area contributed by atoms with Gasteiger partial charge in [0.15, 0.2) is 0 Å². The molecular weight excluding hydrogens is 405 g/mol. The van der Waals surface area contributed by atoms with Gasteiger partial charge in [-0.25, -0.2) is 4.39 Å². The van der Waals surface area contributed by atoms with E-state index in [2.05, 4.69) is 19.2 Å². The summed E-state index contributed by atoms with van der Waals surface area (Å²) in [5.74, 6) is 0.687. The van der Waals surface area contributed by atoms with E-state index in [1.54, 1.807) is 42.5 Å². The molecule has 0 aliphatic carbocycles. The lowest BCUT2D eigenvalue weighted by Crippen LogP contribution is -2.38. The van der Waals surface area contributed by atoms with E-state index >= 15 is 0 Å². The molecule has 0 saturated carbocycles. The molecule has 168 valence electrons. The van der Waals surface area contributed by atoms with E-state index in [1.165, 1.54) is 6.07 Å². The standard InChI is InChI=1S/C13H10FNO.C13H20N2O/c14-13-7-2-1-6-12(13)10-4-3-5-11(8-10)15-9-16;1-3-14-8-4-5-12(14)13(16)15-9-6-11(2)7-10-15/h1-9H,(H,15,16);4-5,8,11H,3,6-7,9-10H2,1-2H3. The van der Waals surface area contributed by atoms with E-state index in [9.17, 15) is 14.0 Å². The van der Waals surface area contributed by atoms with Gasteiger partial charge in [0, 0.05) is 37.1 Å². The minimum Gasteiger partial charge on any atom is -0.344 e. The van der Waals surface area contributed by atoms with Crippen molar-refractivity contribution in [2.24, 2.45) is 5.92 Å². The summed E-state index contributed by atoms with van der Waals surface area (Å²) in [6.07, 6.45) is 4.84. The van der Waals surface area contributed by atoms with Crippen molar-refractivity contribution < 1.29 is 14.0 Å². The molecule has 4 rings (SSSR count). The quantitative estimate of drug-likeness (QED) is 0.543. The number of aryl methyl sites for hydroxylation is 1. The van der Waals surface area contributed by atoms with Crippen LogP contribution in [0.1, 0.15) is 37.2 Å². The minimum absolute atomic E-state index is 0.193. The molecule has 32 heavy (non-hydrogen) atoms. The number of nitrogens with one attached hydrogen (secondary N) is 1. The molecule has 0 radical (unpaired) electrons. The molecule has 2 heterocycles. The second-order valence-corrected chi connectivity index (χ2v) is 7.98. The summed E-state index contributed by atoms with van der Waals surface area (Å²) in [5, 5.41) is 2.53. The van der Waals surface area contributed by atoms with Gasteiger partial charge in [0.05, 0.1) is 0 Å². The Hall–Kier alpha value is -3.41. The highest BCUT2D eigenvalue weighted by Gasteiger charge is 2.22. The van der Waals surface area contributed by atoms with Crippen LogP contribution in [0.2, 0.25) is 0 Å². The first-order valence-corrected chi connectivity index (χ1v) is 11.0. The second kappa shape index (κ2) is 11.3. The van der Waals surface area contributed by atoms with E-state index in [0.717, 1.165) is 49.7 Å². The Balaban J connectivity index is 0.000000181. The number of likely N-dealkylation sites (tertiary alicyclic amines) is 1. The average Bonchev–Trinajstić information content (AvgIpc) is 3.29. The van der Waals surface area contributed by atoms with Gasteiger partial charge in [-0.3, -0.25) is 9.59 Å². The van der Waals surface area contributed by atoms with Crippen LogP contribution in [-0.4, -0.2) is 34.9 Å². The zero-order valence-corrected chi connectivity index (χ0v) is 18.6. The molecule has 2 aromatic carbocycles. The monoisotopic (exact) mass is 435 g/mol. The van der Waals surface area contributed by atoms with Crippen molar-refractivity contribution >= 4 is 18.0 Å². The van der Waals surface area contributed by atoms with Crippen LogP contribution in [0.25, 0.3) is 11.1 Å². The molecule has 3 aromatic rings. The normalized spacial score (nSPS) is 13.8. The van der Waals surface area contributed by atoms with Crippen molar-refractivity contribution in [2.45, 2.75) is 33.2 Å². The van der Waals surface area contributed by atoms with Gasteiger partial charge in [-0.2, -0.15) is 0 Å². The first kappa shape index (κ1) is 23.3. The van der Waals surface area contributed by atoms with Crippen LogP contribution in [0.5, 0.6) is 0 Å². The van der Waals surface area contributed by atoms with Gasteiger partial charge in [-0.1, -0.05) is 37.3 Å². The number of halogens is 1. The van der Waals surface area contributed by atoms with Crippen LogP contribution in [0, 0.1) is 11.7 Å². The highest BCUT2D eigenvalue weighted by atomic mass is 19.1. The number of anilines is 1. The highest BCUT2D eigenvalue weighted by molar-refractivity contribution is 5.92. The smallest absolute Gasteiger partial charge is 0.270 e. The first-order valence-electron chi connectivity index (χ1n) is 11.0. The van der Waals surface area contributed by atoms with Gasteiger partial charge in [0.25, 0.3) is 5.91 Å². The Morgan fingerprint density at radius 1 is 1.09 bits per heavy atom. The van der Waals surface area contributed by atoms with Gasteiger partial charge in [-0.15, -0.1) is 0 Å². The van der Waals surface area contributed by atoms with Crippen molar-refractivity contribution in [3.8, 4) is 11.1 Å². The molecular formula is C26H30FN3O2. The number of rotatable bonds is 5. The van der Waals surface area contributed by atoms with Crippen LogP contribution in [0.3, 0.4) is 0 Å². The number of carbonyl (C=O) groups is 2. The first-order chi connectivity index (χ1) is 15.5. The molecule has 1 aromatic heterocycles. The van der Waals surface area contributed by atoms with Crippen LogP contribution < -0.4 is 5.32 Å². The molecule has 5 nitrogen and oxygen atoms in total. The predicted octanol–water partition coefficient (Wildman–Crippen LogP) is 5.44. The fourth-order valence-corrected chi connectivity index (χ4v) is 3.80. The molecule has 1 saturated heterocycles. The lowest BCUT2D eigenvalue weighted by molar-refractivity contribution is -0.105. The van der Waals surface area contributed by atoms with Gasteiger partial charge in [0.2, 0.25) is 6.41 Å². The number of hydrogen-bond donors (Lipinski definition) is 1. The Labute approximate surface area is 188 Å². The van der Waals surface area contributed by atoms with Gasteiger partial charge < -0.3 is 14.8 Å². The topological polar surface area (TPSA) is 54.3 Å². The van der Waals surface area contributed by atoms with Gasteiger partial charge >= 0.3 is 0 Å². The van der Waals surface area contributed by atoms with E-state index in [-0.39, 0.29) is 11.7 Å². The van der Waals surface area contributed by atoms with Crippen LogP contribution >= 0.6 is 0 Å². The van der Waals surface area contributed by atoms with Crippen molar-refractivity contribution in [3.63, 3.8) is 0 Å². The molecule has 1 aliphatic rings. The van der Waals surface area contributed by atoms with Crippen LogP contribution in [0.4, 0.5) is 10.1 Å². The van der Waals surface area contributed by atoms with E-state index in [4.69, 9.17) is 0 Å². The number of benzene rings is 2. The van der Waals surface area contributed by atoms with E-state index in [1.807, 2.05) is 27.8 Å². The summed E-state index contributed by atoms with van der Waals surface area (Å²) in [7, 11) is 0. The Morgan fingerprint density at radius 3 is 2.53 bits per heavy atom. The highest BCUT2D eigenvalue weighted by Crippen LogP contribution is 2.24. The molecule has 0 atom stereocenters. The Morgan fingerprint density at radius 2 is 1.84 bits per heavy atom. The van der Waals surface area contributed by atoms with Crippen LogP contribution in [-0.2, 0) is 11.3 Å². The third-order valence-electron chi connectivity index (χ3n) is 5.73. The molecule has 1 aliphatic heterocycles. The number of piperidine rings is 1. The molecule has 2 amide bonds. The summed E-state index contributed by atoms with van der Waals surface area (Å²) < 4.78 is 15.5. The number of nitrogens with zero attached hydrogens (tertiary/aromatic N) is 2. The fourth-order valence-electron chi connectivity index (χ4n) is 3.80. The summed E-state index contributed by atoms with van der Waals surface area (Å²) in [5.41, 5.74) is 2.75. The van der Waals surface area contributed by atoms with Crippen molar-refractivity contribution in [1.29, 1.82) is 0 Å². The summed E-state index contributed by atoms with van der Waals surface area (Å²) in [6, 6.07) is 17.5. The maximum atomic E-state index is 13.5. The molecule has 0 spiro atoms. The van der Waals surface area contributed by atoms with E-state index in [0.29, 0.717) is 17.7 Å². The fraction of sp³-hybridized carbons (Fsp3) is 0.308. The van der Waals surface area contributed by atoms with E-state index < -0.39 is 0 Å². The van der Waals surface area contributed by atoms with Crippen molar-refractivity contribution in [2.75, 3.05) is 18.4 Å². The Bertz CT molecular complexity index is 1040. The van der Waals surface area contributed by atoms with Gasteiger partial charge in [0.1, 0.15) is 11.5 Å². The summed E-state index contributed by atoms with van der Waals surface area (Å²) in [4.78, 5) is 24.5. The average molecular weight is 436 g/mol. The zero-order chi connectivity index (χ0) is 22.9. The zero-order valence-electron chi connectivity index (χ0n) is 18.6. The Kier molecular flexibility index (Phi) is 8.20. The molecule has 1 N–H and O–H groups in total. The number of carbonyl (C=O) groups excluding carboxylic acids is 2. The minimum atomic E-state index is -0.272. The van der Waals surface area contributed by atoms with Crippen LogP contribution in [0.15, 0.2) is 66.9 Å². The number of aromatic nitrogens is 1. The summed E-state index contributed by atoms with van der Waals surface area (Å²) >= 11 is 0. The van der Waals surface area contributed by atoms with Crippen molar-refractivity contribution in [1.82, 2.24) is 9.47 Å². The molecule has 1 fully saturated rings. The number of amides is 2. The van der Waals surface area contributed by atoms with Gasteiger partial charge in [-0.05, 0) is 61.6 Å². The molecule has 0 unspecified atom stereocenters. The SMILES string of the molecule is CCn1cccc1C(=O)N1CCC(C)CC1.O=CNc1cccc(-c2ccccc2F)c1. The molecule has 6 heteroatoms. The lowest BCUT2D eigenvalue weighted by Gasteiger charge is -2.30. The lowest BCUT2D eigenvalue weighted by atomic mass is 9.99. The molecule has 0 bridgehead atoms.